The summed E-state index contributed by atoms with van der Waals surface area (Å²) in [6, 6.07) is 18.0. The normalized spacial score (nSPS) is 10.9. The van der Waals surface area contributed by atoms with Gasteiger partial charge in [0.1, 0.15) is 0 Å². The molecule has 0 aliphatic carbocycles. The Morgan fingerprint density at radius 3 is 2.53 bits per heavy atom. The highest BCUT2D eigenvalue weighted by Gasteiger charge is 2.09. The van der Waals surface area contributed by atoms with Gasteiger partial charge in [-0.2, -0.15) is 0 Å². The lowest BCUT2D eigenvalue weighted by atomic mass is 10.1. The fourth-order valence-corrected chi connectivity index (χ4v) is 3.09. The zero-order chi connectivity index (χ0) is 22.8. The van der Waals surface area contributed by atoms with Crippen LogP contribution in [-0.4, -0.2) is 29.3 Å². The Labute approximate surface area is 187 Å². The third-order valence-corrected chi connectivity index (χ3v) is 4.85. The van der Waals surface area contributed by atoms with E-state index in [0.717, 1.165) is 30.2 Å². The average Bonchev–Trinajstić information content (AvgIpc) is 2.81. The highest BCUT2D eigenvalue weighted by molar-refractivity contribution is 5.99. The second kappa shape index (κ2) is 11.6. The number of amides is 1. The van der Waals surface area contributed by atoms with Gasteiger partial charge < -0.3 is 10.1 Å². The summed E-state index contributed by atoms with van der Waals surface area (Å²) in [6.07, 6.45) is 6.22. The maximum atomic E-state index is 12.3. The number of anilines is 1. The molecule has 0 aliphatic rings. The first-order valence-electron chi connectivity index (χ1n) is 10.7. The number of Topliss-reactive ketones (excluding diaryl/α,β-unsaturated/α-hetero) is 1. The lowest BCUT2D eigenvalue weighted by Crippen LogP contribution is -2.13. The van der Waals surface area contributed by atoms with Crippen LogP contribution in [0.15, 0.2) is 66.7 Å². The molecule has 164 valence electrons. The quantitative estimate of drug-likeness (QED) is 0.207. The topological polar surface area (TPSA) is 85.4 Å². The van der Waals surface area contributed by atoms with Crippen molar-refractivity contribution in [2.75, 3.05) is 11.9 Å². The first-order chi connectivity index (χ1) is 15.5. The van der Waals surface area contributed by atoms with Gasteiger partial charge in [0.2, 0.25) is 5.91 Å². The number of pyridine rings is 1. The van der Waals surface area contributed by atoms with Gasteiger partial charge in [0.15, 0.2) is 12.4 Å². The number of ether oxygens (including phenoxy) is 1. The van der Waals surface area contributed by atoms with Crippen LogP contribution >= 0.6 is 0 Å². The second-order valence-electron chi connectivity index (χ2n) is 7.38. The molecule has 1 heterocycles. The zero-order valence-corrected chi connectivity index (χ0v) is 18.0. The van der Waals surface area contributed by atoms with Crippen molar-refractivity contribution >= 4 is 40.3 Å². The van der Waals surface area contributed by atoms with Crippen molar-refractivity contribution in [3.05, 3.63) is 78.0 Å². The number of carbonyl (C=O) groups is 3. The number of benzene rings is 2. The minimum Gasteiger partial charge on any atom is -0.454 e. The van der Waals surface area contributed by atoms with E-state index in [0.29, 0.717) is 23.4 Å². The van der Waals surface area contributed by atoms with Crippen molar-refractivity contribution in [1.29, 1.82) is 0 Å². The number of nitrogens with zero attached hydrogens (tertiary/aromatic N) is 1. The number of para-hydroxylation sites is 1. The molecule has 6 heteroatoms. The van der Waals surface area contributed by atoms with Gasteiger partial charge in [-0.05, 0) is 48.9 Å². The summed E-state index contributed by atoms with van der Waals surface area (Å²) >= 11 is 0. The number of rotatable bonds is 10. The van der Waals surface area contributed by atoms with Crippen molar-refractivity contribution in [2.24, 2.45) is 0 Å². The molecule has 0 radical (unpaired) electrons. The van der Waals surface area contributed by atoms with E-state index in [-0.39, 0.29) is 18.3 Å². The Hall–Kier alpha value is -3.80. The van der Waals surface area contributed by atoms with Gasteiger partial charge in [0.05, 0.1) is 11.2 Å². The lowest BCUT2D eigenvalue weighted by molar-refractivity contribution is -0.136. The van der Waals surface area contributed by atoms with Crippen LogP contribution in [0.25, 0.3) is 17.0 Å². The third kappa shape index (κ3) is 6.87. The molecular formula is C26H26N2O4. The van der Waals surface area contributed by atoms with Crippen LogP contribution in [0.2, 0.25) is 0 Å². The highest BCUT2D eigenvalue weighted by Crippen LogP contribution is 2.13. The maximum Gasteiger partial charge on any atom is 0.331 e. The summed E-state index contributed by atoms with van der Waals surface area (Å²) < 4.78 is 5.04. The Morgan fingerprint density at radius 1 is 0.969 bits per heavy atom. The average molecular weight is 431 g/mol. The molecule has 1 amide bonds. The van der Waals surface area contributed by atoms with Crippen LogP contribution in [0, 0.1) is 0 Å². The van der Waals surface area contributed by atoms with E-state index in [1.807, 2.05) is 30.3 Å². The summed E-state index contributed by atoms with van der Waals surface area (Å²) in [5, 5.41) is 3.82. The van der Waals surface area contributed by atoms with E-state index in [4.69, 9.17) is 4.74 Å². The summed E-state index contributed by atoms with van der Waals surface area (Å²) in [7, 11) is 0. The van der Waals surface area contributed by atoms with Gasteiger partial charge in [-0.15, -0.1) is 0 Å². The summed E-state index contributed by atoms with van der Waals surface area (Å²) in [4.78, 5) is 40.6. The zero-order valence-electron chi connectivity index (χ0n) is 18.0. The maximum absolute atomic E-state index is 12.3. The molecule has 0 fully saturated rings. The van der Waals surface area contributed by atoms with Crippen LogP contribution in [0.3, 0.4) is 0 Å². The number of ketones is 1. The number of carbonyl (C=O) groups excluding carboxylic acids is 3. The van der Waals surface area contributed by atoms with Gasteiger partial charge in [-0.3, -0.25) is 9.59 Å². The molecule has 0 bridgehead atoms. The molecule has 0 aliphatic heterocycles. The van der Waals surface area contributed by atoms with Crippen molar-refractivity contribution in [3.8, 4) is 0 Å². The van der Waals surface area contributed by atoms with Crippen LogP contribution in [0.1, 0.15) is 48.7 Å². The molecule has 0 saturated heterocycles. The molecule has 6 nitrogen and oxygen atoms in total. The van der Waals surface area contributed by atoms with E-state index in [9.17, 15) is 14.4 Å². The summed E-state index contributed by atoms with van der Waals surface area (Å²) in [5.74, 6) is -0.986. The third-order valence-electron chi connectivity index (χ3n) is 4.85. The minimum absolute atomic E-state index is 0.0425. The number of unbranched alkanes of at least 4 members (excludes halogenated alkanes) is 2. The molecule has 2 aromatic carbocycles. The predicted molar refractivity (Wildman–Crippen MR) is 125 cm³/mol. The molecule has 3 rings (SSSR count). The SMILES string of the molecule is CCCCCC(=O)Nc1ccc(C(=O)COC(=O)C=Cc2ccc3ccccc3n2)cc1. The van der Waals surface area contributed by atoms with Gasteiger partial charge in [-0.1, -0.05) is 44.0 Å². The van der Waals surface area contributed by atoms with E-state index < -0.39 is 5.97 Å². The summed E-state index contributed by atoms with van der Waals surface area (Å²) in [6.45, 7) is 1.72. The molecule has 0 atom stereocenters. The molecule has 1 aromatic heterocycles. The standard InChI is InChI=1S/C26H26N2O4/c1-2-3-4-9-25(30)28-22-14-11-20(12-15-22)24(29)18-32-26(31)17-16-21-13-10-19-7-5-6-8-23(19)27-21/h5-8,10-17H,2-4,9,18H2,1H3,(H,28,30). The van der Waals surface area contributed by atoms with Crippen molar-refractivity contribution in [2.45, 2.75) is 32.6 Å². The van der Waals surface area contributed by atoms with Gasteiger partial charge in [-0.25, -0.2) is 9.78 Å². The van der Waals surface area contributed by atoms with E-state index >= 15 is 0 Å². The predicted octanol–water partition coefficient (Wildman–Crippen LogP) is 5.19. The van der Waals surface area contributed by atoms with Crippen LogP contribution in [0.4, 0.5) is 5.69 Å². The fourth-order valence-electron chi connectivity index (χ4n) is 3.09. The Morgan fingerprint density at radius 2 is 1.75 bits per heavy atom. The Kier molecular flexibility index (Phi) is 8.26. The molecule has 32 heavy (non-hydrogen) atoms. The van der Waals surface area contributed by atoms with Crippen LogP contribution in [-0.2, 0) is 14.3 Å². The van der Waals surface area contributed by atoms with E-state index in [2.05, 4.69) is 17.2 Å². The summed E-state index contributed by atoms with van der Waals surface area (Å²) in [5.41, 5.74) is 2.49. The van der Waals surface area contributed by atoms with Crippen LogP contribution < -0.4 is 5.32 Å². The molecular weight excluding hydrogens is 404 g/mol. The second-order valence-corrected chi connectivity index (χ2v) is 7.38. The molecule has 0 spiro atoms. The largest absolute Gasteiger partial charge is 0.454 e. The Bertz CT molecular complexity index is 1120. The van der Waals surface area contributed by atoms with Crippen molar-refractivity contribution < 1.29 is 19.1 Å². The van der Waals surface area contributed by atoms with E-state index in [1.165, 1.54) is 6.08 Å². The number of hydrogen-bond acceptors (Lipinski definition) is 5. The number of hydrogen-bond donors (Lipinski definition) is 1. The minimum atomic E-state index is -0.621. The lowest BCUT2D eigenvalue weighted by Gasteiger charge is -2.06. The highest BCUT2D eigenvalue weighted by atomic mass is 16.5. The molecule has 3 aromatic rings. The van der Waals surface area contributed by atoms with E-state index in [1.54, 1.807) is 36.4 Å². The molecule has 0 saturated carbocycles. The Balaban J connectivity index is 1.47. The first-order valence-corrected chi connectivity index (χ1v) is 10.7. The van der Waals surface area contributed by atoms with Crippen molar-refractivity contribution in [3.63, 3.8) is 0 Å². The van der Waals surface area contributed by atoms with Crippen molar-refractivity contribution in [1.82, 2.24) is 4.98 Å². The van der Waals surface area contributed by atoms with Gasteiger partial charge in [0.25, 0.3) is 0 Å². The number of nitrogens with one attached hydrogen (secondary N) is 1. The first kappa shape index (κ1) is 22.9. The molecule has 1 N–H and O–H groups in total. The number of esters is 1. The number of aromatic nitrogens is 1. The van der Waals surface area contributed by atoms with Crippen LogP contribution in [0.5, 0.6) is 0 Å². The molecule has 0 unspecified atom stereocenters. The fraction of sp³-hybridized carbons (Fsp3) is 0.231. The smallest absolute Gasteiger partial charge is 0.331 e. The monoisotopic (exact) mass is 430 g/mol. The van der Waals surface area contributed by atoms with Gasteiger partial charge >= 0.3 is 5.97 Å². The number of fused-ring (bicyclic) bond motifs is 1. The van der Waals surface area contributed by atoms with Gasteiger partial charge in [0, 0.05) is 29.1 Å².